The van der Waals surface area contributed by atoms with Crippen molar-refractivity contribution in [3.05, 3.63) is 11.8 Å². The molecule has 0 unspecified atom stereocenters. The van der Waals surface area contributed by atoms with Crippen LogP contribution in [-0.4, -0.2) is 164 Å². The van der Waals surface area contributed by atoms with Gasteiger partial charge in [0.1, 0.15) is 60.5 Å². The Balaban J connectivity index is 1.24. The lowest BCUT2D eigenvalue weighted by molar-refractivity contribution is -0.330. The van der Waals surface area contributed by atoms with Gasteiger partial charge in [0.25, 0.3) is 0 Å². The normalized spacial score (nSPS) is 48.3. The highest BCUT2D eigenvalue weighted by atomic mass is 16.7. The fourth-order valence-corrected chi connectivity index (χ4v) is 6.37. The van der Waals surface area contributed by atoms with Crippen LogP contribution in [0.1, 0.15) is 20.3 Å². The van der Waals surface area contributed by atoms with Gasteiger partial charge in [-0.1, -0.05) is 13.8 Å². The molecule has 0 aromatic carbocycles. The van der Waals surface area contributed by atoms with E-state index >= 15 is 0 Å². The van der Waals surface area contributed by atoms with Crippen LogP contribution in [0.15, 0.2) is 11.8 Å². The van der Waals surface area contributed by atoms with E-state index in [0.29, 0.717) is 5.57 Å². The molecule has 17 heteroatoms. The van der Waals surface area contributed by atoms with E-state index in [0.717, 1.165) is 0 Å². The number of aliphatic hydroxyl groups excluding tert-OH is 8. The third-order valence-electron chi connectivity index (χ3n) is 8.84. The van der Waals surface area contributed by atoms with Crippen molar-refractivity contribution >= 4 is 5.97 Å². The van der Waals surface area contributed by atoms with Gasteiger partial charge in [-0.3, -0.25) is 4.79 Å². The van der Waals surface area contributed by atoms with Crippen molar-refractivity contribution < 1.29 is 83.9 Å². The van der Waals surface area contributed by atoms with E-state index in [4.69, 9.17) is 33.2 Å². The zero-order valence-electron chi connectivity index (χ0n) is 24.1. The number of rotatable bonds is 11. The lowest BCUT2D eigenvalue weighted by Gasteiger charge is -2.43. The van der Waals surface area contributed by atoms with Crippen molar-refractivity contribution in [3.63, 3.8) is 0 Å². The molecule has 1 aliphatic carbocycles. The Kier molecular flexibility index (Phi) is 10.2. The van der Waals surface area contributed by atoms with Crippen LogP contribution in [0.5, 0.6) is 0 Å². The van der Waals surface area contributed by atoms with Crippen molar-refractivity contribution in [1.82, 2.24) is 0 Å². The molecule has 44 heavy (non-hydrogen) atoms. The molecule has 0 aromatic rings. The Morgan fingerprint density at radius 3 is 2.09 bits per heavy atom. The molecule has 4 fully saturated rings. The smallest absolute Gasteiger partial charge is 0.309 e. The van der Waals surface area contributed by atoms with Crippen LogP contribution in [0.2, 0.25) is 0 Å². The maximum Gasteiger partial charge on any atom is 0.309 e. The van der Waals surface area contributed by atoms with Crippen molar-refractivity contribution in [1.29, 1.82) is 0 Å². The predicted molar refractivity (Wildman–Crippen MR) is 139 cm³/mol. The number of aliphatic hydroxyl groups is 9. The van der Waals surface area contributed by atoms with Gasteiger partial charge in [0.2, 0.25) is 6.29 Å². The molecule has 0 bridgehead atoms. The molecular formula is C27H42O17. The highest BCUT2D eigenvalue weighted by Gasteiger charge is 2.74. The molecule has 4 aliphatic heterocycles. The van der Waals surface area contributed by atoms with Gasteiger partial charge in [0, 0.05) is 12.3 Å². The van der Waals surface area contributed by atoms with Gasteiger partial charge < -0.3 is 79.1 Å². The number of epoxide rings is 1. The fraction of sp³-hybridized carbons (Fsp3) is 0.889. The molecule has 5 rings (SSSR count). The monoisotopic (exact) mass is 638 g/mol. The summed E-state index contributed by atoms with van der Waals surface area (Å²) in [5.41, 5.74) is -1.35. The van der Waals surface area contributed by atoms with Crippen molar-refractivity contribution in [2.24, 2.45) is 17.8 Å². The largest absolute Gasteiger partial charge is 0.462 e. The Morgan fingerprint density at radius 2 is 1.48 bits per heavy atom. The molecule has 17 nitrogen and oxygen atoms in total. The molecule has 16 atom stereocenters. The summed E-state index contributed by atoms with van der Waals surface area (Å²) >= 11 is 0. The summed E-state index contributed by atoms with van der Waals surface area (Å²) in [5, 5.41) is 92.3. The third-order valence-corrected chi connectivity index (χ3v) is 8.84. The van der Waals surface area contributed by atoms with Gasteiger partial charge in [-0.2, -0.15) is 0 Å². The highest BCUT2D eigenvalue weighted by molar-refractivity contribution is 5.69. The standard InChI is InChI=1S/C27H42O17/c1-9(2)3-13(30)43-24-15-14(22-23(44-22)27(15,37)8-29)10(5-38-24)6-39-25-21(36)19(34)17(32)12(42-25)7-40-26-20(35)18(33)16(31)11(4-28)41-26/h5,9,11-12,14-26,28-29,31-37H,3-4,6-8H2,1-2H3/t11-,12-,14-,15-,16-,17-,18+,19+,20-,21-,22+,23+,24+,25-,26-,27-/m1/s1. The molecule has 0 aromatic heterocycles. The molecule has 0 spiro atoms. The van der Waals surface area contributed by atoms with Crippen molar-refractivity contribution in [2.75, 3.05) is 26.4 Å². The quantitative estimate of drug-likeness (QED) is 0.0759. The average Bonchev–Trinajstić information content (AvgIpc) is 3.75. The minimum Gasteiger partial charge on any atom is -0.462 e. The van der Waals surface area contributed by atoms with Gasteiger partial charge in [-0.05, 0) is 11.5 Å². The Morgan fingerprint density at radius 1 is 0.864 bits per heavy atom. The topological polar surface area (TPSA) is 267 Å². The van der Waals surface area contributed by atoms with Crippen molar-refractivity contribution in [3.8, 4) is 0 Å². The summed E-state index contributed by atoms with van der Waals surface area (Å²) in [4.78, 5) is 12.4. The van der Waals surface area contributed by atoms with E-state index < -0.39 is 123 Å². The van der Waals surface area contributed by atoms with Crippen LogP contribution in [0, 0.1) is 17.8 Å². The summed E-state index contributed by atoms with van der Waals surface area (Å²) < 4.78 is 38.9. The molecule has 4 heterocycles. The minimum atomic E-state index is -1.77. The summed E-state index contributed by atoms with van der Waals surface area (Å²) in [7, 11) is 0. The number of hydrogen-bond donors (Lipinski definition) is 9. The lowest BCUT2D eigenvalue weighted by atomic mass is 9.79. The van der Waals surface area contributed by atoms with Crippen LogP contribution >= 0.6 is 0 Å². The number of ether oxygens (including phenoxy) is 7. The molecule has 0 amide bonds. The molecule has 9 N–H and O–H groups in total. The second-order valence-corrected chi connectivity index (χ2v) is 12.4. The van der Waals surface area contributed by atoms with Gasteiger partial charge in [0.05, 0.1) is 44.7 Å². The molecule has 1 saturated carbocycles. The first-order valence-electron chi connectivity index (χ1n) is 14.6. The van der Waals surface area contributed by atoms with E-state index in [9.17, 15) is 50.8 Å². The van der Waals surface area contributed by atoms with Gasteiger partial charge >= 0.3 is 5.97 Å². The maximum absolute atomic E-state index is 12.4. The molecular weight excluding hydrogens is 596 g/mol. The number of esters is 1. The Labute approximate surface area is 252 Å². The fourth-order valence-electron chi connectivity index (χ4n) is 6.37. The van der Waals surface area contributed by atoms with Crippen LogP contribution in [0.4, 0.5) is 0 Å². The second kappa shape index (κ2) is 13.3. The maximum atomic E-state index is 12.4. The predicted octanol–water partition coefficient (Wildman–Crippen LogP) is -4.81. The first-order valence-corrected chi connectivity index (χ1v) is 14.6. The highest BCUT2D eigenvalue weighted by Crippen LogP contribution is 2.58. The third kappa shape index (κ3) is 6.24. The Hall–Kier alpha value is -1.55. The zero-order valence-corrected chi connectivity index (χ0v) is 24.1. The van der Waals surface area contributed by atoms with Crippen LogP contribution < -0.4 is 0 Å². The molecule has 3 saturated heterocycles. The average molecular weight is 639 g/mol. The van der Waals surface area contributed by atoms with E-state index in [1.165, 1.54) is 6.26 Å². The number of carbonyl (C=O) groups excluding carboxylic acids is 1. The first-order chi connectivity index (χ1) is 20.8. The number of fused-ring (bicyclic) bond motifs is 3. The summed E-state index contributed by atoms with van der Waals surface area (Å²) in [6.07, 6.45) is -16.9. The van der Waals surface area contributed by atoms with E-state index in [-0.39, 0.29) is 18.9 Å². The van der Waals surface area contributed by atoms with Gasteiger partial charge in [-0.15, -0.1) is 0 Å². The SMILES string of the molecule is CC(C)CC(=O)O[C@@H]1OC=C(CO[C@@H]2O[C@H](CO[C@@H]3O[C@H](CO)[C@@H](O)[C@H](O)[C@H]3O)[C@@H](O)[C@H](O)[C@H]2O)[C@H]2[C@@H]3O[C@@H]3[C@@](O)(CO)[C@@H]12. The molecule has 0 radical (unpaired) electrons. The zero-order chi connectivity index (χ0) is 32.1. The lowest BCUT2D eigenvalue weighted by Crippen LogP contribution is -2.61. The minimum absolute atomic E-state index is 0.0145. The van der Waals surface area contributed by atoms with E-state index in [1.807, 2.05) is 13.8 Å². The molecule has 252 valence electrons. The summed E-state index contributed by atoms with van der Waals surface area (Å²) in [6.45, 7) is 1.50. The summed E-state index contributed by atoms with van der Waals surface area (Å²) in [6, 6.07) is 0. The molecule has 5 aliphatic rings. The Bertz CT molecular complexity index is 1040. The number of hydrogen-bond acceptors (Lipinski definition) is 17. The van der Waals surface area contributed by atoms with Crippen molar-refractivity contribution in [2.45, 2.75) is 106 Å². The van der Waals surface area contributed by atoms with Gasteiger partial charge in [0.15, 0.2) is 12.6 Å². The van der Waals surface area contributed by atoms with Gasteiger partial charge in [-0.25, -0.2) is 0 Å². The second-order valence-electron chi connectivity index (χ2n) is 12.4. The van der Waals surface area contributed by atoms with Crippen LogP contribution in [0.25, 0.3) is 0 Å². The first kappa shape index (κ1) is 33.8. The van der Waals surface area contributed by atoms with E-state index in [2.05, 4.69) is 0 Å². The van der Waals surface area contributed by atoms with E-state index in [1.54, 1.807) is 0 Å². The number of carbonyl (C=O) groups is 1. The van der Waals surface area contributed by atoms with Crippen LogP contribution in [-0.2, 0) is 38.0 Å². The summed E-state index contributed by atoms with van der Waals surface area (Å²) in [5.74, 6) is -2.04. The van der Waals surface area contributed by atoms with Crippen LogP contribution in [0.3, 0.4) is 0 Å².